The number of carbonyl (C=O) groups excluding carboxylic acids is 1. The van der Waals surface area contributed by atoms with Crippen LogP contribution in [-0.2, 0) is 17.1 Å². The van der Waals surface area contributed by atoms with Crippen LogP contribution in [0.2, 0.25) is 5.02 Å². The first-order chi connectivity index (χ1) is 16.0. The van der Waals surface area contributed by atoms with Crippen molar-refractivity contribution in [1.82, 2.24) is 20.1 Å². The van der Waals surface area contributed by atoms with Gasteiger partial charge in [0.2, 0.25) is 5.91 Å². The van der Waals surface area contributed by atoms with E-state index in [1.54, 1.807) is 12.1 Å². The minimum absolute atomic E-state index is 0.0179. The van der Waals surface area contributed by atoms with Crippen LogP contribution in [0.5, 0.6) is 0 Å². The van der Waals surface area contributed by atoms with E-state index in [0.717, 1.165) is 29.7 Å². The number of thioether (sulfide) groups is 1. The van der Waals surface area contributed by atoms with E-state index in [2.05, 4.69) is 22.4 Å². The van der Waals surface area contributed by atoms with Gasteiger partial charge in [-0.15, -0.1) is 10.2 Å². The first-order valence-corrected chi connectivity index (χ1v) is 12.7. The number of carbonyl (C=O) groups is 1. The molecule has 0 saturated heterocycles. The van der Waals surface area contributed by atoms with Crippen LogP contribution in [0.3, 0.4) is 0 Å². The van der Waals surface area contributed by atoms with E-state index in [-0.39, 0.29) is 18.3 Å². The Morgan fingerprint density at radius 3 is 2.61 bits per heavy atom. The van der Waals surface area contributed by atoms with Crippen LogP contribution in [-0.4, -0.2) is 20.7 Å². The van der Waals surface area contributed by atoms with Crippen molar-refractivity contribution in [1.29, 1.82) is 0 Å². The third kappa shape index (κ3) is 7.57. The monoisotopic (exact) mass is 488 g/mol. The highest BCUT2D eigenvalue weighted by atomic mass is 35.5. The summed E-state index contributed by atoms with van der Waals surface area (Å²) in [5.41, 5.74) is 2.88. The molecular weight excluding hydrogens is 459 g/mol. The van der Waals surface area contributed by atoms with Gasteiger partial charge in [-0.2, -0.15) is 0 Å². The first kappa shape index (κ1) is 25.2. The lowest BCUT2D eigenvalue weighted by Gasteiger charge is -2.14. The molecule has 0 saturated carbocycles. The van der Waals surface area contributed by atoms with Crippen molar-refractivity contribution in [2.75, 3.05) is 0 Å². The van der Waals surface area contributed by atoms with Gasteiger partial charge in [-0.25, -0.2) is 4.39 Å². The number of unbranched alkanes of at least 4 members (excludes halogenated alkanes) is 4. The van der Waals surface area contributed by atoms with Crippen molar-refractivity contribution in [2.45, 2.75) is 69.8 Å². The number of hydrogen-bond acceptors (Lipinski definition) is 4. The molecule has 0 bridgehead atoms. The molecule has 3 rings (SSSR count). The molecule has 176 valence electrons. The lowest BCUT2D eigenvalue weighted by Crippen LogP contribution is -2.24. The molecule has 1 heterocycles. The van der Waals surface area contributed by atoms with Crippen LogP contribution in [0.4, 0.5) is 4.39 Å². The van der Waals surface area contributed by atoms with E-state index in [1.807, 2.05) is 29.7 Å². The first-order valence-electron chi connectivity index (χ1n) is 11.3. The minimum Gasteiger partial charge on any atom is -0.349 e. The summed E-state index contributed by atoms with van der Waals surface area (Å²) in [4.78, 5) is 12.3. The minimum atomic E-state index is -0.259. The van der Waals surface area contributed by atoms with Gasteiger partial charge in [0.25, 0.3) is 0 Å². The summed E-state index contributed by atoms with van der Waals surface area (Å²) in [6.45, 7) is 4.46. The summed E-state index contributed by atoms with van der Waals surface area (Å²) in [6, 6.07) is 12.1. The van der Waals surface area contributed by atoms with Crippen molar-refractivity contribution in [3.05, 3.63) is 70.3 Å². The third-order valence-electron chi connectivity index (χ3n) is 5.34. The maximum atomic E-state index is 13.2. The second-order valence-corrected chi connectivity index (χ2v) is 9.40. The van der Waals surface area contributed by atoms with Gasteiger partial charge in [0, 0.05) is 17.2 Å². The molecule has 2 aromatic carbocycles. The van der Waals surface area contributed by atoms with E-state index < -0.39 is 0 Å². The number of nitrogens with zero attached hydrogens (tertiary/aromatic N) is 3. The highest BCUT2D eigenvalue weighted by Gasteiger charge is 2.17. The van der Waals surface area contributed by atoms with Gasteiger partial charge in [-0.1, -0.05) is 74.2 Å². The zero-order valence-corrected chi connectivity index (χ0v) is 20.7. The molecule has 33 heavy (non-hydrogen) atoms. The van der Waals surface area contributed by atoms with Gasteiger partial charge in [0.15, 0.2) is 11.0 Å². The summed E-state index contributed by atoms with van der Waals surface area (Å²) in [5, 5.41) is 13.0. The lowest BCUT2D eigenvalue weighted by molar-refractivity contribution is -0.121. The Kier molecular flexibility index (Phi) is 9.76. The van der Waals surface area contributed by atoms with Crippen molar-refractivity contribution in [2.24, 2.45) is 0 Å². The molecular formula is C25H30ClFN4OS. The Morgan fingerprint density at radius 2 is 1.85 bits per heavy atom. The highest BCUT2D eigenvalue weighted by Crippen LogP contribution is 2.28. The number of amides is 1. The summed E-state index contributed by atoms with van der Waals surface area (Å²) >= 11 is 7.78. The molecule has 0 unspecified atom stereocenters. The number of rotatable bonds is 12. The number of nitrogens with one attached hydrogen (secondary N) is 1. The molecule has 0 fully saturated rings. The van der Waals surface area contributed by atoms with Gasteiger partial charge < -0.3 is 5.32 Å². The maximum Gasteiger partial charge on any atom is 0.220 e. The van der Waals surface area contributed by atoms with Crippen LogP contribution >= 0.6 is 23.4 Å². The number of hydrogen-bond donors (Lipinski definition) is 1. The molecule has 8 heteroatoms. The Morgan fingerprint density at radius 1 is 1.09 bits per heavy atom. The van der Waals surface area contributed by atoms with Gasteiger partial charge in [-0.05, 0) is 48.7 Å². The topological polar surface area (TPSA) is 59.8 Å². The molecule has 1 N–H and O–H groups in total. The Balaban J connectivity index is 1.73. The maximum absolute atomic E-state index is 13.2. The smallest absolute Gasteiger partial charge is 0.220 e. The standard InChI is InChI=1S/C25H30ClFN4OS/c1-3-4-5-6-7-8-24(32)28-16-23-29-30-25(33-17-19-10-13-21(27)14-11-19)31(23)22-15-20(26)12-9-18(22)2/h9-15H,3-8,16-17H2,1-2H3,(H,28,32). The number of benzene rings is 2. The number of aryl methyl sites for hydroxylation is 1. The fourth-order valence-electron chi connectivity index (χ4n) is 3.46. The summed E-state index contributed by atoms with van der Waals surface area (Å²) in [7, 11) is 0. The average molecular weight is 489 g/mol. The van der Waals surface area contributed by atoms with E-state index in [1.165, 1.54) is 43.2 Å². The highest BCUT2D eigenvalue weighted by molar-refractivity contribution is 7.98. The SMILES string of the molecule is CCCCCCCC(=O)NCc1nnc(SCc2ccc(F)cc2)n1-c1cc(Cl)ccc1C. The van der Waals surface area contributed by atoms with Crippen LogP contribution in [0.15, 0.2) is 47.6 Å². The van der Waals surface area contributed by atoms with Crippen molar-refractivity contribution in [3.63, 3.8) is 0 Å². The molecule has 0 aliphatic heterocycles. The zero-order chi connectivity index (χ0) is 23.6. The molecule has 3 aromatic rings. The summed E-state index contributed by atoms with van der Waals surface area (Å²) in [5.74, 6) is 1.01. The third-order valence-corrected chi connectivity index (χ3v) is 6.58. The average Bonchev–Trinajstić information content (AvgIpc) is 3.21. The van der Waals surface area contributed by atoms with E-state index >= 15 is 0 Å². The summed E-state index contributed by atoms with van der Waals surface area (Å²) < 4.78 is 15.2. The van der Waals surface area contributed by atoms with Crippen LogP contribution in [0, 0.1) is 12.7 Å². The fourth-order valence-corrected chi connectivity index (χ4v) is 4.54. The Hall–Kier alpha value is -2.38. The van der Waals surface area contributed by atoms with E-state index in [9.17, 15) is 9.18 Å². The predicted octanol–water partition coefficient (Wildman–Crippen LogP) is 6.64. The predicted molar refractivity (Wildman–Crippen MR) is 132 cm³/mol. The quantitative estimate of drug-likeness (QED) is 0.229. The molecule has 0 aliphatic carbocycles. The van der Waals surface area contributed by atoms with Crippen LogP contribution in [0.1, 0.15) is 62.4 Å². The van der Waals surface area contributed by atoms with Gasteiger partial charge in [0.1, 0.15) is 5.82 Å². The summed E-state index contributed by atoms with van der Waals surface area (Å²) in [6.07, 6.45) is 6.05. The van der Waals surface area contributed by atoms with Crippen LogP contribution in [0.25, 0.3) is 5.69 Å². The van der Waals surface area contributed by atoms with Gasteiger partial charge in [0.05, 0.1) is 12.2 Å². The number of aromatic nitrogens is 3. The number of halogens is 2. The molecule has 1 aromatic heterocycles. The van der Waals surface area contributed by atoms with Crippen molar-refractivity contribution < 1.29 is 9.18 Å². The molecule has 0 radical (unpaired) electrons. The Labute approximate surface area is 204 Å². The lowest BCUT2D eigenvalue weighted by atomic mass is 10.1. The zero-order valence-electron chi connectivity index (χ0n) is 19.1. The Bertz CT molecular complexity index is 1060. The fraction of sp³-hybridized carbons (Fsp3) is 0.400. The second kappa shape index (κ2) is 12.8. The van der Waals surface area contributed by atoms with E-state index in [4.69, 9.17) is 11.6 Å². The molecule has 5 nitrogen and oxygen atoms in total. The van der Waals surface area contributed by atoms with Crippen LogP contribution < -0.4 is 5.32 Å². The molecule has 0 spiro atoms. The second-order valence-electron chi connectivity index (χ2n) is 8.02. The normalized spacial score (nSPS) is 11.0. The molecule has 0 atom stereocenters. The van der Waals surface area contributed by atoms with E-state index in [0.29, 0.717) is 28.2 Å². The largest absolute Gasteiger partial charge is 0.349 e. The van der Waals surface area contributed by atoms with Gasteiger partial charge in [-0.3, -0.25) is 9.36 Å². The molecule has 1 amide bonds. The molecule has 0 aliphatic rings. The van der Waals surface area contributed by atoms with Gasteiger partial charge >= 0.3 is 0 Å². The van der Waals surface area contributed by atoms with Crippen molar-refractivity contribution >= 4 is 29.3 Å². The van der Waals surface area contributed by atoms with Crippen molar-refractivity contribution in [3.8, 4) is 5.69 Å².